The molecule has 2 rings (SSSR count). The predicted molar refractivity (Wildman–Crippen MR) is 74.5 cm³/mol. The monoisotopic (exact) mass is 265 g/mol. The van der Waals surface area contributed by atoms with Gasteiger partial charge in [-0.1, -0.05) is 6.92 Å². The molecule has 1 saturated heterocycles. The normalized spacial score (nSPS) is 19.3. The Hall–Kier alpha value is -1.56. The molecule has 1 fully saturated rings. The van der Waals surface area contributed by atoms with Crippen LogP contribution in [-0.2, 0) is 11.3 Å². The Labute approximate surface area is 113 Å². The van der Waals surface area contributed by atoms with Crippen molar-refractivity contribution in [3.05, 3.63) is 12.3 Å². The molecule has 6 heteroatoms. The molecule has 0 unspecified atom stereocenters. The summed E-state index contributed by atoms with van der Waals surface area (Å²) in [6, 6.07) is 1.69. The number of nitrogen functional groups attached to an aromatic ring is 1. The standard InChI is InChI=1S/C13H23N5O/c1-13(4-7-17(2)8-5-13)10-15-12(19)9-18-6-3-11(14)16-18/h3,6H,4-5,7-10H2,1-2H3,(H2,14,16)(H,15,19). The summed E-state index contributed by atoms with van der Waals surface area (Å²) in [5.41, 5.74) is 5.72. The molecule has 19 heavy (non-hydrogen) atoms. The molecule has 1 aliphatic rings. The summed E-state index contributed by atoms with van der Waals surface area (Å²) in [4.78, 5) is 14.2. The van der Waals surface area contributed by atoms with Gasteiger partial charge < -0.3 is 16.0 Å². The Morgan fingerprint density at radius 2 is 2.21 bits per heavy atom. The number of amides is 1. The van der Waals surface area contributed by atoms with Gasteiger partial charge >= 0.3 is 0 Å². The molecule has 0 aliphatic carbocycles. The molecule has 6 nitrogen and oxygen atoms in total. The lowest BCUT2D eigenvalue weighted by molar-refractivity contribution is -0.122. The van der Waals surface area contributed by atoms with Gasteiger partial charge in [0.05, 0.1) is 0 Å². The maximum Gasteiger partial charge on any atom is 0.241 e. The van der Waals surface area contributed by atoms with E-state index < -0.39 is 0 Å². The number of rotatable bonds is 4. The molecular weight excluding hydrogens is 242 g/mol. The Kier molecular flexibility index (Phi) is 4.09. The molecule has 106 valence electrons. The third-order valence-corrected chi connectivity index (χ3v) is 3.87. The summed E-state index contributed by atoms with van der Waals surface area (Å²) in [6.07, 6.45) is 3.96. The third kappa shape index (κ3) is 3.96. The van der Waals surface area contributed by atoms with Crippen LogP contribution in [-0.4, -0.2) is 47.3 Å². The lowest BCUT2D eigenvalue weighted by Gasteiger charge is -2.37. The Bertz CT molecular complexity index is 434. The van der Waals surface area contributed by atoms with Gasteiger partial charge in [0.25, 0.3) is 0 Å². The van der Waals surface area contributed by atoms with Crippen molar-refractivity contribution >= 4 is 11.7 Å². The van der Waals surface area contributed by atoms with E-state index in [4.69, 9.17) is 5.73 Å². The summed E-state index contributed by atoms with van der Waals surface area (Å²) >= 11 is 0. The van der Waals surface area contributed by atoms with Crippen LogP contribution in [0.3, 0.4) is 0 Å². The summed E-state index contributed by atoms with van der Waals surface area (Å²) in [5.74, 6) is 0.429. The largest absolute Gasteiger partial charge is 0.382 e. The lowest BCUT2D eigenvalue weighted by Crippen LogP contribution is -2.44. The van der Waals surface area contributed by atoms with Crippen molar-refractivity contribution in [1.29, 1.82) is 0 Å². The fourth-order valence-electron chi connectivity index (χ4n) is 2.32. The number of carbonyl (C=O) groups excluding carboxylic acids is 1. The van der Waals surface area contributed by atoms with E-state index in [-0.39, 0.29) is 17.9 Å². The molecule has 0 saturated carbocycles. The maximum atomic E-state index is 11.8. The van der Waals surface area contributed by atoms with Crippen LogP contribution in [0.2, 0.25) is 0 Å². The molecule has 1 aromatic rings. The molecule has 3 N–H and O–H groups in total. The van der Waals surface area contributed by atoms with Crippen molar-refractivity contribution in [2.24, 2.45) is 5.41 Å². The summed E-state index contributed by atoms with van der Waals surface area (Å²) in [6.45, 7) is 5.40. The van der Waals surface area contributed by atoms with Gasteiger partial charge in [-0.2, -0.15) is 5.10 Å². The average molecular weight is 265 g/mol. The van der Waals surface area contributed by atoms with Gasteiger partial charge in [0.1, 0.15) is 12.4 Å². The van der Waals surface area contributed by atoms with Crippen molar-refractivity contribution in [3.8, 4) is 0 Å². The zero-order valence-electron chi connectivity index (χ0n) is 11.7. The number of likely N-dealkylation sites (tertiary alicyclic amines) is 1. The van der Waals surface area contributed by atoms with Gasteiger partial charge in [-0.15, -0.1) is 0 Å². The van der Waals surface area contributed by atoms with Crippen LogP contribution < -0.4 is 11.1 Å². The molecule has 0 bridgehead atoms. The number of carbonyl (C=O) groups is 1. The van der Waals surface area contributed by atoms with E-state index in [9.17, 15) is 4.79 Å². The second-order valence-electron chi connectivity index (χ2n) is 5.83. The van der Waals surface area contributed by atoms with Crippen LogP contribution in [0.1, 0.15) is 19.8 Å². The number of hydrogen-bond donors (Lipinski definition) is 2. The molecule has 0 radical (unpaired) electrons. The first-order valence-electron chi connectivity index (χ1n) is 6.71. The number of hydrogen-bond acceptors (Lipinski definition) is 4. The Morgan fingerprint density at radius 3 is 2.79 bits per heavy atom. The van der Waals surface area contributed by atoms with E-state index in [1.165, 1.54) is 0 Å². The lowest BCUT2D eigenvalue weighted by atomic mass is 9.80. The van der Waals surface area contributed by atoms with E-state index in [1.807, 2.05) is 0 Å². The predicted octanol–water partition coefficient (Wildman–Crippen LogP) is 0.313. The molecule has 1 amide bonds. The minimum absolute atomic E-state index is 0.0109. The fraction of sp³-hybridized carbons (Fsp3) is 0.692. The van der Waals surface area contributed by atoms with Gasteiger partial charge in [0, 0.05) is 12.7 Å². The fourth-order valence-corrected chi connectivity index (χ4v) is 2.32. The van der Waals surface area contributed by atoms with E-state index in [0.717, 1.165) is 32.5 Å². The third-order valence-electron chi connectivity index (χ3n) is 3.87. The highest BCUT2D eigenvalue weighted by atomic mass is 16.2. The summed E-state index contributed by atoms with van der Waals surface area (Å²) < 4.78 is 1.56. The molecule has 0 atom stereocenters. The quantitative estimate of drug-likeness (QED) is 0.821. The maximum absolute atomic E-state index is 11.8. The molecule has 2 heterocycles. The zero-order valence-corrected chi connectivity index (χ0v) is 11.7. The van der Waals surface area contributed by atoms with E-state index in [1.54, 1.807) is 16.9 Å². The van der Waals surface area contributed by atoms with E-state index >= 15 is 0 Å². The van der Waals surface area contributed by atoms with Gasteiger partial charge in [-0.3, -0.25) is 9.48 Å². The van der Waals surface area contributed by atoms with Gasteiger partial charge in [-0.05, 0) is 44.5 Å². The van der Waals surface area contributed by atoms with Crippen molar-refractivity contribution in [2.45, 2.75) is 26.3 Å². The van der Waals surface area contributed by atoms with Crippen molar-refractivity contribution < 1.29 is 4.79 Å². The highest BCUT2D eigenvalue weighted by molar-refractivity contribution is 5.75. The van der Waals surface area contributed by atoms with Crippen molar-refractivity contribution in [3.63, 3.8) is 0 Å². The molecule has 0 spiro atoms. The van der Waals surface area contributed by atoms with Crippen LogP contribution in [0.5, 0.6) is 0 Å². The number of piperidine rings is 1. The number of nitrogens with two attached hydrogens (primary N) is 1. The second-order valence-corrected chi connectivity index (χ2v) is 5.83. The zero-order chi connectivity index (χ0) is 13.9. The van der Waals surface area contributed by atoms with Gasteiger partial charge in [0.15, 0.2) is 0 Å². The van der Waals surface area contributed by atoms with Gasteiger partial charge in [-0.25, -0.2) is 0 Å². The highest BCUT2D eigenvalue weighted by Crippen LogP contribution is 2.29. The van der Waals surface area contributed by atoms with Crippen LogP contribution in [0.15, 0.2) is 12.3 Å². The molecule has 0 aromatic carbocycles. The van der Waals surface area contributed by atoms with Crippen molar-refractivity contribution in [2.75, 3.05) is 32.4 Å². The second kappa shape index (κ2) is 5.61. The Balaban J connectivity index is 1.77. The smallest absolute Gasteiger partial charge is 0.241 e. The topological polar surface area (TPSA) is 76.2 Å². The van der Waals surface area contributed by atoms with Crippen LogP contribution in [0, 0.1) is 5.41 Å². The van der Waals surface area contributed by atoms with Crippen molar-refractivity contribution in [1.82, 2.24) is 20.0 Å². The summed E-state index contributed by atoms with van der Waals surface area (Å²) in [5, 5.41) is 7.01. The minimum atomic E-state index is -0.0109. The van der Waals surface area contributed by atoms with E-state index in [2.05, 4.69) is 29.3 Å². The average Bonchev–Trinajstić information content (AvgIpc) is 2.77. The van der Waals surface area contributed by atoms with Crippen LogP contribution in [0.25, 0.3) is 0 Å². The minimum Gasteiger partial charge on any atom is -0.382 e. The first kappa shape index (κ1) is 13.9. The number of nitrogens with one attached hydrogen (secondary N) is 1. The number of aromatic nitrogens is 2. The number of nitrogens with zero attached hydrogens (tertiary/aromatic N) is 3. The first-order valence-corrected chi connectivity index (χ1v) is 6.71. The van der Waals surface area contributed by atoms with E-state index in [0.29, 0.717) is 5.82 Å². The molecule has 1 aromatic heterocycles. The van der Waals surface area contributed by atoms with Crippen LogP contribution in [0.4, 0.5) is 5.82 Å². The van der Waals surface area contributed by atoms with Gasteiger partial charge in [0.2, 0.25) is 5.91 Å². The highest BCUT2D eigenvalue weighted by Gasteiger charge is 2.29. The first-order chi connectivity index (χ1) is 8.97. The molecular formula is C13H23N5O. The Morgan fingerprint density at radius 1 is 1.53 bits per heavy atom. The number of anilines is 1. The van der Waals surface area contributed by atoms with Crippen LogP contribution >= 0.6 is 0 Å². The SMILES string of the molecule is CN1CCC(C)(CNC(=O)Cn2ccc(N)n2)CC1. The summed E-state index contributed by atoms with van der Waals surface area (Å²) in [7, 11) is 2.14. The molecule has 1 aliphatic heterocycles.